The number of hydrogen-bond acceptors (Lipinski definition) is 4. The Morgan fingerprint density at radius 2 is 1.54 bits per heavy atom. The molecule has 0 saturated carbocycles. The number of piperazine rings is 1. The van der Waals surface area contributed by atoms with E-state index in [-0.39, 0.29) is 24.1 Å². The second-order valence-corrected chi connectivity index (χ2v) is 9.49. The molecule has 1 saturated heterocycles. The Hall–Kier alpha value is -3.78. The second-order valence-electron chi connectivity index (χ2n) is 9.49. The molecule has 1 aliphatic heterocycles. The number of primary amides is 1. The number of carbonyl (C=O) groups is 3. The Morgan fingerprint density at radius 1 is 0.892 bits per heavy atom. The van der Waals surface area contributed by atoms with Gasteiger partial charge in [0.05, 0.1) is 17.8 Å². The maximum absolute atomic E-state index is 13.3. The summed E-state index contributed by atoms with van der Waals surface area (Å²) in [5, 5.41) is 0. The minimum absolute atomic E-state index is 0.0986. The molecule has 8 heteroatoms. The van der Waals surface area contributed by atoms with Crippen molar-refractivity contribution in [1.29, 1.82) is 0 Å². The number of nitrogens with two attached hydrogens (primary N) is 1. The molecule has 2 heterocycles. The van der Waals surface area contributed by atoms with Crippen LogP contribution in [0.1, 0.15) is 44.1 Å². The molecule has 2 amide bonds. The zero-order chi connectivity index (χ0) is 26.4. The van der Waals surface area contributed by atoms with Gasteiger partial charge in [-0.05, 0) is 49.1 Å². The van der Waals surface area contributed by atoms with Crippen LogP contribution in [0, 0.1) is 12.7 Å². The van der Waals surface area contributed by atoms with E-state index in [0.717, 1.165) is 17.5 Å². The largest absolute Gasteiger partial charge is 0.366 e. The maximum atomic E-state index is 13.3. The molecule has 194 valence electrons. The Balaban J connectivity index is 1.35. The number of halogens is 1. The van der Waals surface area contributed by atoms with Gasteiger partial charge in [0.15, 0.2) is 5.78 Å². The van der Waals surface area contributed by atoms with Gasteiger partial charge in [0.25, 0.3) is 5.91 Å². The molecule has 0 spiro atoms. The number of aryl methyl sites for hydroxylation is 2. The molecule has 1 aromatic heterocycles. The first kappa shape index (κ1) is 26.3. The molecule has 3 aromatic rings. The number of nitrogens with zero attached hydrogens (tertiary/aromatic N) is 3. The van der Waals surface area contributed by atoms with E-state index in [4.69, 9.17) is 5.73 Å². The Labute approximate surface area is 216 Å². The summed E-state index contributed by atoms with van der Waals surface area (Å²) in [6.07, 6.45) is 1.77. The molecule has 1 fully saturated rings. The normalized spacial score (nSPS) is 14.1. The lowest BCUT2D eigenvalue weighted by Gasteiger charge is -2.34. The summed E-state index contributed by atoms with van der Waals surface area (Å²) in [7, 11) is 0. The molecule has 1 aliphatic rings. The van der Waals surface area contributed by atoms with Crippen LogP contribution < -0.4 is 5.73 Å². The van der Waals surface area contributed by atoms with Gasteiger partial charge in [0.2, 0.25) is 5.91 Å². The molecule has 2 aromatic carbocycles. The minimum atomic E-state index is -0.574. The third-order valence-corrected chi connectivity index (χ3v) is 7.02. The van der Waals surface area contributed by atoms with Crippen LogP contribution in [0.3, 0.4) is 0 Å². The fourth-order valence-electron chi connectivity index (χ4n) is 4.80. The summed E-state index contributed by atoms with van der Waals surface area (Å²) in [5.41, 5.74) is 9.05. The number of amides is 2. The molecule has 0 bridgehead atoms. The fraction of sp³-hybridized carbons (Fsp3) is 0.345. The predicted molar refractivity (Wildman–Crippen MR) is 140 cm³/mol. The van der Waals surface area contributed by atoms with Crippen LogP contribution in [0.15, 0.2) is 60.7 Å². The highest BCUT2D eigenvalue weighted by Gasteiger charge is 2.25. The van der Waals surface area contributed by atoms with Gasteiger partial charge < -0.3 is 15.2 Å². The van der Waals surface area contributed by atoms with Gasteiger partial charge in [0, 0.05) is 44.8 Å². The first-order chi connectivity index (χ1) is 17.8. The van der Waals surface area contributed by atoms with E-state index in [2.05, 4.69) is 0 Å². The van der Waals surface area contributed by atoms with Crippen molar-refractivity contribution in [3.8, 4) is 0 Å². The second kappa shape index (κ2) is 12.0. The highest BCUT2D eigenvalue weighted by atomic mass is 19.1. The average Bonchev–Trinajstić information content (AvgIpc) is 3.24. The number of carbonyl (C=O) groups excluding carboxylic acids is 3. The summed E-state index contributed by atoms with van der Waals surface area (Å²) in [6.45, 7) is 4.83. The van der Waals surface area contributed by atoms with E-state index in [1.165, 1.54) is 12.1 Å². The van der Waals surface area contributed by atoms with Crippen molar-refractivity contribution in [2.75, 3.05) is 32.7 Å². The minimum Gasteiger partial charge on any atom is -0.366 e. The number of aromatic nitrogens is 1. The predicted octanol–water partition coefficient (Wildman–Crippen LogP) is 3.24. The first-order valence-corrected chi connectivity index (χ1v) is 12.6. The number of hydrogen-bond donors (Lipinski definition) is 1. The summed E-state index contributed by atoms with van der Waals surface area (Å²) >= 11 is 0. The molecular formula is C29H33FN4O3. The smallest absolute Gasteiger partial charge is 0.250 e. The van der Waals surface area contributed by atoms with Gasteiger partial charge in [-0.3, -0.25) is 19.3 Å². The van der Waals surface area contributed by atoms with Gasteiger partial charge in [0.1, 0.15) is 5.82 Å². The molecule has 0 radical (unpaired) electrons. The van der Waals surface area contributed by atoms with Crippen LogP contribution in [-0.2, 0) is 24.2 Å². The summed E-state index contributed by atoms with van der Waals surface area (Å²) in [5.74, 6) is -0.842. The van der Waals surface area contributed by atoms with Gasteiger partial charge in [-0.15, -0.1) is 0 Å². The molecule has 7 nitrogen and oxygen atoms in total. The van der Waals surface area contributed by atoms with E-state index < -0.39 is 5.91 Å². The molecular weight excluding hydrogens is 471 g/mol. The van der Waals surface area contributed by atoms with Crippen molar-refractivity contribution in [3.05, 3.63) is 94.6 Å². The van der Waals surface area contributed by atoms with Crippen molar-refractivity contribution < 1.29 is 18.8 Å². The number of ketones is 1. The topological polar surface area (TPSA) is 88.6 Å². The maximum Gasteiger partial charge on any atom is 0.250 e. The van der Waals surface area contributed by atoms with Crippen LogP contribution >= 0.6 is 0 Å². The summed E-state index contributed by atoms with van der Waals surface area (Å²) in [6, 6.07) is 17.8. The van der Waals surface area contributed by atoms with E-state index >= 15 is 0 Å². The van der Waals surface area contributed by atoms with E-state index in [0.29, 0.717) is 62.5 Å². The van der Waals surface area contributed by atoms with E-state index in [9.17, 15) is 18.8 Å². The summed E-state index contributed by atoms with van der Waals surface area (Å²) < 4.78 is 15.1. The summed E-state index contributed by atoms with van der Waals surface area (Å²) in [4.78, 5) is 41.8. The SMILES string of the molecule is Cc1c(C(N)=O)cc(C(=O)CN2CCN(C(=O)CCc3ccccc3)CC2)n1CCc1ccc(F)cc1. The standard InChI is InChI=1S/C29H33FN4O3/c1-21-25(29(31)37)19-26(34(21)14-13-23-7-10-24(30)11-8-23)27(35)20-32-15-17-33(18-16-32)28(36)12-9-22-5-3-2-4-6-22/h2-8,10-11,19H,9,12-18,20H2,1H3,(H2,31,37). The molecule has 0 aliphatic carbocycles. The number of Topliss-reactive ketones (excluding diaryl/α,β-unsaturated/α-hetero) is 1. The van der Waals surface area contributed by atoms with Crippen molar-refractivity contribution in [3.63, 3.8) is 0 Å². The lowest BCUT2D eigenvalue weighted by atomic mass is 10.1. The molecule has 37 heavy (non-hydrogen) atoms. The Bertz CT molecular complexity index is 1250. The van der Waals surface area contributed by atoms with Crippen molar-refractivity contribution >= 4 is 17.6 Å². The Kier molecular flexibility index (Phi) is 8.50. The van der Waals surface area contributed by atoms with Crippen molar-refractivity contribution in [2.45, 2.75) is 32.7 Å². The van der Waals surface area contributed by atoms with Gasteiger partial charge in [-0.1, -0.05) is 42.5 Å². The third-order valence-electron chi connectivity index (χ3n) is 7.02. The van der Waals surface area contributed by atoms with Crippen LogP contribution in [0.5, 0.6) is 0 Å². The zero-order valence-corrected chi connectivity index (χ0v) is 21.2. The van der Waals surface area contributed by atoms with Crippen LogP contribution in [-0.4, -0.2) is 64.7 Å². The number of benzene rings is 2. The molecule has 0 atom stereocenters. The molecule has 4 rings (SSSR count). The monoisotopic (exact) mass is 504 g/mol. The molecule has 2 N–H and O–H groups in total. The Morgan fingerprint density at radius 3 is 2.19 bits per heavy atom. The third kappa shape index (κ3) is 6.71. The lowest BCUT2D eigenvalue weighted by molar-refractivity contribution is -0.132. The van der Waals surface area contributed by atoms with Crippen LogP contribution in [0.25, 0.3) is 0 Å². The quantitative estimate of drug-likeness (QED) is 0.430. The number of rotatable bonds is 10. The van der Waals surface area contributed by atoms with Crippen molar-refractivity contribution in [2.24, 2.45) is 5.73 Å². The van der Waals surface area contributed by atoms with E-state index in [1.807, 2.05) is 44.7 Å². The first-order valence-electron chi connectivity index (χ1n) is 12.6. The zero-order valence-electron chi connectivity index (χ0n) is 21.2. The van der Waals surface area contributed by atoms with Crippen LogP contribution in [0.2, 0.25) is 0 Å². The fourth-order valence-corrected chi connectivity index (χ4v) is 4.80. The van der Waals surface area contributed by atoms with Gasteiger partial charge in [-0.25, -0.2) is 4.39 Å². The average molecular weight is 505 g/mol. The van der Waals surface area contributed by atoms with Gasteiger partial charge >= 0.3 is 0 Å². The van der Waals surface area contributed by atoms with E-state index in [1.54, 1.807) is 25.1 Å². The van der Waals surface area contributed by atoms with Gasteiger partial charge in [-0.2, -0.15) is 0 Å². The van der Waals surface area contributed by atoms with Crippen LogP contribution in [0.4, 0.5) is 4.39 Å². The highest BCUT2D eigenvalue weighted by Crippen LogP contribution is 2.19. The lowest BCUT2D eigenvalue weighted by Crippen LogP contribution is -2.50. The molecule has 0 unspecified atom stereocenters. The highest BCUT2D eigenvalue weighted by molar-refractivity contribution is 6.01. The van der Waals surface area contributed by atoms with Crippen molar-refractivity contribution in [1.82, 2.24) is 14.4 Å².